The number of rotatable bonds is 3. The highest BCUT2D eigenvalue weighted by atomic mass is 16.5. The molecule has 0 aliphatic rings. The minimum atomic E-state index is -0.758. The SMILES string of the molecule is COC(=O)C(N)Cn1cc(C#N)cn1. The van der Waals surface area contributed by atoms with Crippen LogP contribution in [-0.4, -0.2) is 28.9 Å². The maximum atomic E-state index is 10.9. The summed E-state index contributed by atoms with van der Waals surface area (Å²) in [6.45, 7) is 0.203. The molecule has 1 aromatic heterocycles. The van der Waals surface area contributed by atoms with Crippen LogP contribution in [0.3, 0.4) is 0 Å². The number of nitrogens with two attached hydrogens (primary N) is 1. The zero-order valence-corrected chi connectivity index (χ0v) is 7.67. The van der Waals surface area contributed by atoms with Gasteiger partial charge in [-0.25, -0.2) is 0 Å². The molecule has 2 N–H and O–H groups in total. The van der Waals surface area contributed by atoms with Crippen molar-refractivity contribution in [1.29, 1.82) is 5.26 Å². The summed E-state index contributed by atoms with van der Waals surface area (Å²) in [5.41, 5.74) is 5.92. The summed E-state index contributed by atoms with van der Waals surface area (Å²) in [5, 5.41) is 12.4. The minimum absolute atomic E-state index is 0.203. The van der Waals surface area contributed by atoms with Gasteiger partial charge in [0.2, 0.25) is 0 Å². The first-order valence-electron chi connectivity index (χ1n) is 3.93. The molecule has 0 spiro atoms. The highest BCUT2D eigenvalue weighted by Crippen LogP contribution is 1.96. The standard InChI is InChI=1S/C8H10N4O2/c1-14-8(13)7(10)5-12-4-6(2-9)3-11-12/h3-4,7H,5,10H2,1H3. The number of hydrogen-bond donors (Lipinski definition) is 1. The summed E-state index contributed by atoms with van der Waals surface area (Å²) in [5.74, 6) is -0.501. The first-order valence-corrected chi connectivity index (χ1v) is 3.93. The third-order valence-corrected chi connectivity index (χ3v) is 1.65. The van der Waals surface area contributed by atoms with Crippen molar-refractivity contribution in [2.75, 3.05) is 7.11 Å². The Labute approximate surface area is 80.9 Å². The first-order chi connectivity index (χ1) is 6.67. The second-order valence-corrected chi connectivity index (χ2v) is 2.69. The molecule has 1 aromatic rings. The Morgan fingerprint density at radius 3 is 3.14 bits per heavy atom. The molecule has 1 atom stereocenters. The Hall–Kier alpha value is -1.87. The molecule has 0 saturated heterocycles. The van der Waals surface area contributed by atoms with E-state index in [2.05, 4.69) is 9.84 Å². The van der Waals surface area contributed by atoms with Crippen LogP contribution < -0.4 is 5.73 Å². The van der Waals surface area contributed by atoms with Gasteiger partial charge in [-0.2, -0.15) is 10.4 Å². The average Bonchev–Trinajstić information content (AvgIpc) is 2.64. The van der Waals surface area contributed by atoms with Gasteiger partial charge in [0.25, 0.3) is 0 Å². The van der Waals surface area contributed by atoms with E-state index in [0.717, 1.165) is 0 Å². The zero-order chi connectivity index (χ0) is 10.6. The molecule has 6 nitrogen and oxygen atoms in total. The number of esters is 1. The van der Waals surface area contributed by atoms with Crippen molar-refractivity contribution < 1.29 is 9.53 Å². The molecule has 0 aliphatic carbocycles. The summed E-state index contributed by atoms with van der Waals surface area (Å²) >= 11 is 0. The third-order valence-electron chi connectivity index (χ3n) is 1.65. The summed E-state index contributed by atoms with van der Waals surface area (Å²) < 4.78 is 5.88. The van der Waals surface area contributed by atoms with Crippen molar-refractivity contribution in [2.45, 2.75) is 12.6 Å². The number of methoxy groups -OCH3 is 1. The quantitative estimate of drug-likeness (QED) is 0.639. The van der Waals surface area contributed by atoms with Crippen LogP contribution in [0.5, 0.6) is 0 Å². The lowest BCUT2D eigenvalue weighted by Gasteiger charge is -2.08. The topological polar surface area (TPSA) is 93.9 Å². The average molecular weight is 194 g/mol. The van der Waals surface area contributed by atoms with E-state index < -0.39 is 12.0 Å². The van der Waals surface area contributed by atoms with E-state index in [9.17, 15) is 4.79 Å². The van der Waals surface area contributed by atoms with Gasteiger partial charge in [-0.1, -0.05) is 0 Å². The highest BCUT2D eigenvalue weighted by Gasteiger charge is 2.14. The van der Waals surface area contributed by atoms with Crippen molar-refractivity contribution in [3.63, 3.8) is 0 Å². The molecule has 1 rings (SSSR count). The summed E-state index contributed by atoms with van der Waals surface area (Å²) in [7, 11) is 1.27. The Morgan fingerprint density at radius 1 is 1.93 bits per heavy atom. The molecule has 1 unspecified atom stereocenters. The maximum Gasteiger partial charge on any atom is 0.324 e. The number of nitrogens with zero attached hydrogens (tertiary/aromatic N) is 3. The van der Waals surface area contributed by atoms with Gasteiger partial charge in [0.15, 0.2) is 0 Å². The summed E-state index contributed by atoms with van der Waals surface area (Å²) in [6.07, 6.45) is 2.92. The van der Waals surface area contributed by atoms with Gasteiger partial charge in [0.1, 0.15) is 12.1 Å². The fourth-order valence-corrected chi connectivity index (χ4v) is 0.949. The van der Waals surface area contributed by atoms with Crippen molar-refractivity contribution in [3.05, 3.63) is 18.0 Å². The Balaban J connectivity index is 2.61. The lowest BCUT2D eigenvalue weighted by molar-refractivity contribution is -0.142. The van der Waals surface area contributed by atoms with Crippen LogP contribution in [0.1, 0.15) is 5.56 Å². The van der Waals surface area contributed by atoms with E-state index in [1.165, 1.54) is 24.2 Å². The molecule has 0 amide bonds. The van der Waals surface area contributed by atoms with Crippen molar-refractivity contribution >= 4 is 5.97 Å². The maximum absolute atomic E-state index is 10.9. The number of ether oxygens (including phenoxy) is 1. The number of hydrogen-bond acceptors (Lipinski definition) is 5. The fourth-order valence-electron chi connectivity index (χ4n) is 0.949. The molecule has 0 aliphatic heterocycles. The van der Waals surface area contributed by atoms with Gasteiger partial charge < -0.3 is 10.5 Å². The van der Waals surface area contributed by atoms with Crippen LogP contribution in [0.2, 0.25) is 0 Å². The normalized spacial score (nSPS) is 11.8. The highest BCUT2D eigenvalue weighted by molar-refractivity contribution is 5.75. The molecule has 0 saturated carbocycles. The molecule has 0 bridgehead atoms. The van der Waals surface area contributed by atoms with Crippen LogP contribution >= 0.6 is 0 Å². The predicted molar refractivity (Wildman–Crippen MR) is 46.9 cm³/mol. The van der Waals surface area contributed by atoms with Crippen LogP contribution in [0, 0.1) is 11.3 Å². The zero-order valence-electron chi connectivity index (χ0n) is 7.67. The second kappa shape index (κ2) is 4.39. The summed E-state index contributed by atoms with van der Waals surface area (Å²) in [6, 6.07) is 1.17. The van der Waals surface area contributed by atoms with Gasteiger partial charge in [-0.15, -0.1) is 0 Å². The predicted octanol–water partition coefficient (Wildman–Crippen LogP) is -0.745. The molecular formula is C8H10N4O2. The van der Waals surface area contributed by atoms with Gasteiger partial charge in [0, 0.05) is 6.20 Å². The van der Waals surface area contributed by atoms with E-state index in [0.29, 0.717) is 5.56 Å². The Bertz CT molecular complexity index is 366. The van der Waals surface area contributed by atoms with Crippen LogP contribution in [0.15, 0.2) is 12.4 Å². The summed E-state index contributed by atoms with van der Waals surface area (Å²) in [4.78, 5) is 10.9. The molecule has 74 valence electrons. The fraction of sp³-hybridized carbons (Fsp3) is 0.375. The number of nitriles is 1. The molecular weight excluding hydrogens is 184 g/mol. The smallest absolute Gasteiger partial charge is 0.324 e. The van der Waals surface area contributed by atoms with E-state index >= 15 is 0 Å². The number of carbonyl (C=O) groups excluding carboxylic acids is 1. The van der Waals surface area contributed by atoms with Gasteiger partial charge in [0.05, 0.1) is 25.4 Å². The minimum Gasteiger partial charge on any atom is -0.468 e. The molecule has 0 aromatic carbocycles. The second-order valence-electron chi connectivity index (χ2n) is 2.69. The van der Waals surface area contributed by atoms with Crippen molar-refractivity contribution in [2.24, 2.45) is 5.73 Å². The van der Waals surface area contributed by atoms with E-state index in [4.69, 9.17) is 11.0 Å². The van der Waals surface area contributed by atoms with Crippen LogP contribution in [0.25, 0.3) is 0 Å². The van der Waals surface area contributed by atoms with Gasteiger partial charge in [-0.05, 0) is 0 Å². The first kappa shape index (κ1) is 10.2. The van der Waals surface area contributed by atoms with E-state index in [1.807, 2.05) is 6.07 Å². The molecule has 1 heterocycles. The van der Waals surface area contributed by atoms with Crippen LogP contribution in [-0.2, 0) is 16.1 Å². The van der Waals surface area contributed by atoms with Crippen molar-refractivity contribution in [1.82, 2.24) is 9.78 Å². The molecule has 0 radical (unpaired) electrons. The van der Waals surface area contributed by atoms with Gasteiger partial charge in [-0.3, -0.25) is 9.48 Å². The van der Waals surface area contributed by atoms with Gasteiger partial charge >= 0.3 is 5.97 Å². The van der Waals surface area contributed by atoms with Crippen molar-refractivity contribution in [3.8, 4) is 6.07 Å². The third kappa shape index (κ3) is 2.31. The molecule has 14 heavy (non-hydrogen) atoms. The lowest BCUT2D eigenvalue weighted by atomic mass is 10.3. The van der Waals surface area contributed by atoms with E-state index in [1.54, 1.807) is 0 Å². The Morgan fingerprint density at radius 2 is 2.64 bits per heavy atom. The van der Waals surface area contributed by atoms with E-state index in [-0.39, 0.29) is 6.54 Å². The number of carbonyl (C=O) groups is 1. The molecule has 0 fully saturated rings. The Kier molecular flexibility index (Phi) is 3.20. The monoisotopic (exact) mass is 194 g/mol. The van der Waals surface area contributed by atoms with Crippen LogP contribution in [0.4, 0.5) is 0 Å². The largest absolute Gasteiger partial charge is 0.468 e. The number of aromatic nitrogens is 2. The lowest BCUT2D eigenvalue weighted by Crippen LogP contribution is -2.35. The molecule has 6 heteroatoms.